The number of Topliss-reactive ketones (excluding diaryl/α,β-unsaturated/α-hetero) is 1. The number of rotatable bonds is 5. The number of allylic oxidation sites excluding steroid dienone is 2. The van der Waals surface area contributed by atoms with Gasteiger partial charge in [0.1, 0.15) is 11.5 Å². The Hall–Kier alpha value is -2.54. The van der Waals surface area contributed by atoms with Gasteiger partial charge in [0.05, 0.1) is 19.1 Å². The van der Waals surface area contributed by atoms with Crippen LogP contribution in [0.2, 0.25) is 0 Å². The minimum atomic E-state index is -0.261. The second kappa shape index (κ2) is 6.99. The quantitative estimate of drug-likeness (QED) is 0.644. The van der Waals surface area contributed by atoms with Crippen molar-refractivity contribution in [3.63, 3.8) is 0 Å². The van der Waals surface area contributed by atoms with Gasteiger partial charge >= 0.3 is 0 Å². The lowest BCUT2D eigenvalue weighted by Gasteiger charge is -2.36. The molecule has 0 amide bonds. The number of ketones is 1. The molecular weight excluding hydrogens is 348 g/mol. The van der Waals surface area contributed by atoms with E-state index in [0.717, 1.165) is 29.2 Å². The Morgan fingerprint density at radius 3 is 2.96 bits per heavy atom. The highest BCUT2D eigenvalue weighted by atomic mass is 32.2. The number of anilines is 1. The molecule has 0 radical (unpaired) electrons. The van der Waals surface area contributed by atoms with Crippen LogP contribution in [0.25, 0.3) is 0 Å². The summed E-state index contributed by atoms with van der Waals surface area (Å²) in [6.45, 7) is 3.74. The zero-order valence-electron chi connectivity index (χ0n) is 14.5. The third-order valence-electron chi connectivity index (χ3n) is 4.67. The van der Waals surface area contributed by atoms with Crippen LogP contribution in [0.4, 0.5) is 5.95 Å². The van der Waals surface area contributed by atoms with Gasteiger partial charge in [-0.2, -0.15) is 4.98 Å². The fourth-order valence-corrected chi connectivity index (χ4v) is 4.05. The molecule has 2 atom stereocenters. The molecule has 4 rings (SSSR count). The van der Waals surface area contributed by atoms with Crippen LogP contribution in [-0.4, -0.2) is 33.4 Å². The maximum Gasteiger partial charge on any atom is 0.227 e. The largest absolute Gasteiger partial charge is 0.497 e. The number of methoxy groups -OCH3 is 1. The summed E-state index contributed by atoms with van der Waals surface area (Å²) in [7, 11) is 1.64. The summed E-state index contributed by atoms with van der Waals surface area (Å²) >= 11 is 1.53. The fourth-order valence-electron chi connectivity index (χ4n) is 3.48. The Labute approximate surface area is 156 Å². The number of nitrogens with zero attached hydrogens (tertiary/aromatic N) is 3. The highest BCUT2D eigenvalue weighted by Crippen LogP contribution is 2.42. The minimum Gasteiger partial charge on any atom is -0.497 e. The molecular formula is C19H20N4O2S. The van der Waals surface area contributed by atoms with Crippen molar-refractivity contribution in [2.45, 2.75) is 24.0 Å². The summed E-state index contributed by atoms with van der Waals surface area (Å²) in [6.07, 6.45) is 5.26. The van der Waals surface area contributed by atoms with Crippen LogP contribution in [0.3, 0.4) is 0 Å². The zero-order chi connectivity index (χ0) is 18.1. The van der Waals surface area contributed by atoms with Crippen LogP contribution in [0, 0.1) is 5.92 Å². The number of aromatic nitrogens is 3. The molecule has 0 unspecified atom stereocenters. The number of nitrogens with one attached hydrogen (secondary N) is 1. The monoisotopic (exact) mass is 368 g/mol. The van der Waals surface area contributed by atoms with Crippen LogP contribution in [-0.2, 0) is 4.79 Å². The molecule has 26 heavy (non-hydrogen) atoms. The zero-order valence-corrected chi connectivity index (χ0v) is 15.3. The number of hydrogen-bond donors (Lipinski definition) is 1. The third kappa shape index (κ3) is 2.92. The maximum absolute atomic E-state index is 12.7. The summed E-state index contributed by atoms with van der Waals surface area (Å²) in [6, 6.07) is 7.62. The van der Waals surface area contributed by atoms with E-state index in [1.54, 1.807) is 7.11 Å². The number of carbonyl (C=O) groups is 1. The highest BCUT2D eigenvalue weighted by molar-refractivity contribution is 7.99. The van der Waals surface area contributed by atoms with E-state index in [-0.39, 0.29) is 17.7 Å². The molecule has 1 aromatic carbocycles. The first-order chi connectivity index (χ1) is 12.7. The van der Waals surface area contributed by atoms with E-state index in [2.05, 4.69) is 28.1 Å². The molecule has 0 spiro atoms. The van der Waals surface area contributed by atoms with Gasteiger partial charge in [-0.3, -0.25) is 4.79 Å². The van der Waals surface area contributed by atoms with Crippen LogP contribution in [0.1, 0.15) is 24.4 Å². The molecule has 1 N–H and O–H groups in total. The average molecular weight is 368 g/mol. The van der Waals surface area contributed by atoms with Crippen molar-refractivity contribution in [2.24, 2.45) is 5.92 Å². The summed E-state index contributed by atoms with van der Waals surface area (Å²) in [5.41, 5.74) is 1.95. The number of thioether (sulfide) groups is 1. The third-order valence-corrected chi connectivity index (χ3v) is 5.51. The molecule has 2 aliphatic rings. The Morgan fingerprint density at radius 2 is 2.23 bits per heavy atom. The van der Waals surface area contributed by atoms with E-state index >= 15 is 0 Å². The Kier molecular flexibility index (Phi) is 4.55. The van der Waals surface area contributed by atoms with E-state index in [4.69, 9.17) is 4.74 Å². The lowest BCUT2D eigenvalue weighted by molar-refractivity contribution is -0.123. The molecule has 7 heteroatoms. The molecule has 2 heterocycles. The van der Waals surface area contributed by atoms with Gasteiger partial charge in [-0.25, -0.2) is 4.68 Å². The average Bonchev–Trinajstić information content (AvgIpc) is 3.07. The van der Waals surface area contributed by atoms with Crippen molar-refractivity contribution >= 4 is 23.5 Å². The van der Waals surface area contributed by atoms with Gasteiger partial charge in [0.15, 0.2) is 0 Å². The molecule has 1 aliphatic carbocycles. The van der Waals surface area contributed by atoms with Gasteiger partial charge in [0, 0.05) is 17.9 Å². The molecule has 134 valence electrons. The van der Waals surface area contributed by atoms with Crippen molar-refractivity contribution < 1.29 is 9.53 Å². The SMILES string of the molecule is C=CCSc1nc2n(n1)[C@H](c1ccc(OC)cc1)[C@H]1C(=O)CCC=C1N2. The number of ether oxygens (including phenoxy) is 1. The predicted octanol–water partition coefficient (Wildman–Crippen LogP) is 3.44. The van der Waals surface area contributed by atoms with E-state index in [1.807, 2.05) is 35.0 Å². The van der Waals surface area contributed by atoms with Crippen LogP contribution < -0.4 is 10.1 Å². The first-order valence-corrected chi connectivity index (χ1v) is 9.54. The topological polar surface area (TPSA) is 69.0 Å². The number of hydrogen-bond acceptors (Lipinski definition) is 6. The van der Waals surface area contributed by atoms with E-state index in [0.29, 0.717) is 17.5 Å². The molecule has 0 bridgehead atoms. The van der Waals surface area contributed by atoms with Gasteiger partial charge in [0.2, 0.25) is 11.1 Å². The number of fused-ring (bicyclic) bond motifs is 2. The second-order valence-corrected chi connectivity index (χ2v) is 7.23. The van der Waals surface area contributed by atoms with E-state index in [1.165, 1.54) is 11.8 Å². The molecule has 0 saturated heterocycles. The molecule has 6 nitrogen and oxygen atoms in total. The summed E-state index contributed by atoms with van der Waals surface area (Å²) in [5.74, 6) is 2.17. The van der Waals surface area contributed by atoms with Crippen molar-refractivity contribution in [3.05, 3.63) is 54.3 Å². The van der Waals surface area contributed by atoms with Gasteiger partial charge in [0.25, 0.3) is 0 Å². The van der Waals surface area contributed by atoms with Crippen LogP contribution >= 0.6 is 11.8 Å². The first kappa shape index (κ1) is 16.9. The van der Waals surface area contributed by atoms with Gasteiger partial charge in [-0.15, -0.1) is 11.7 Å². The lowest BCUT2D eigenvalue weighted by Crippen LogP contribution is -2.38. The van der Waals surface area contributed by atoms with Crippen molar-refractivity contribution in [1.82, 2.24) is 14.8 Å². The Morgan fingerprint density at radius 1 is 1.42 bits per heavy atom. The summed E-state index contributed by atoms with van der Waals surface area (Å²) < 4.78 is 7.11. The van der Waals surface area contributed by atoms with Crippen molar-refractivity contribution in [1.29, 1.82) is 0 Å². The van der Waals surface area contributed by atoms with Crippen molar-refractivity contribution in [3.8, 4) is 5.75 Å². The maximum atomic E-state index is 12.7. The Balaban J connectivity index is 1.80. The molecule has 1 aliphatic heterocycles. The number of carbonyl (C=O) groups excluding carboxylic acids is 1. The van der Waals surface area contributed by atoms with Gasteiger partial charge in [-0.1, -0.05) is 36.0 Å². The normalized spacial score (nSPS) is 21.3. The lowest BCUT2D eigenvalue weighted by atomic mass is 9.81. The Bertz CT molecular complexity index is 872. The van der Waals surface area contributed by atoms with E-state index < -0.39 is 0 Å². The summed E-state index contributed by atoms with van der Waals surface area (Å²) in [4.78, 5) is 17.3. The molecule has 1 aromatic heterocycles. The van der Waals surface area contributed by atoms with Gasteiger partial charge < -0.3 is 10.1 Å². The van der Waals surface area contributed by atoms with Crippen molar-refractivity contribution in [2.75, 3.05) is 18.2 Å². The summed E-state index contributed by atoms with van der Waals surface area (Å²) in [5, 5.41) is 8.65. The molecule has 0 saturated carbocycles. The first-order valence-electron chi connectivity index (χ1n) is 8.55. The van der Waals surface area contributed by atoms with Gasteiger partial charge in [-0.05, 0) is 24.1 Å². The molecule has 0 fully saturated rings. The van der Waals surface area contributed by atoms with E-state index in [9.17, 15) is 4.79 Å². The smallest absolute Gasteiger partial charge is 0.227 e. The van der Waals surface area contributed by atoms with Crippen LogP contribution in [0.15, 0.2) is 53.8 Å². The van der Waals surface area contributed by atoms with Crippen LogP contribution in [0.5, 0.6) is 5.75 Å². The number of benzene rings is 1. The molecule has 2 aromatic rings. The predicted molar refractivity (Wildman–Crippen MR) is 102 cm³/mol. The second-order valence-electron chi connectivity index (χ2n) is 6.25. The standard InChI is InChI=1S/C19H20N4O2S/c1-3-11-26-19-21-18-20-14-5-4-6-15(24)16(14)17(23(18)22-19)12-7-9-13(25-2)10-8-12/h3,5,7-10,16-17H,1,4,6,11H2,2H3,(H,20,21,22)/t16-,17-/m1/s1. The fraction of sp³-hybridized carbons (Fsp3) is 0.316. The highest BCUT2D eigenvalue weighted by Gasteiger charge is 2.41. The minimum absolute atomic E-state index is 0.207.